The molecule has 4 heteroatoms. The Balaban J connectivity index is 1.84. The van der Waals surface area contributed by atoms with Crippen LogP contribution in [-0.2, 0) is 16.8 Å². The number of hydrogen-bond acceptors (Lipinski definition) is 3. The molecule has 1 N–H and O–H groups in total. The van der Waals surface area contributed by atoms with Crippen molar-refractivity contribution in [3.05, 3.63) is 18.0 Å². The normalized spacial score (nSPS) is 22.3. The standard InChI is InChI=1S/C14H25N3O/c1-11(13-6-5-7-18-13)15-8-12-9-16-17(10-12)14(2,3)4/h9-11,13,15H,5-8H2,1-4H3/t11-,13+/m1/s1. The van der Waals surface area contributed by atoms with E-state index in [1.165, 1.54) is 18.4 Å². The highest BCUT2D eigenvalue weighted by atomic mass is 16.5. The quantitative estimate of drug-likeness (QED) is 0.892. The Kier molecular flexibility index (Phi) is 4.07. The van der Waals surface area contributed by atoms with Crippen LogP contribution in [0.1, 0.15) is 46.1 Å². The van der Waals surface area contributed by atoms with Crippen LogP contribution >= 0.6 is 0 Å². The molecule has 0 unspecified atom stereocenters. The molecule has 1 aliphatic heterocycles. The molecule has 0 radical (unpaired) electrons. The van der Waals surface area contributed by atoms with Gasteiger partial charge in [-0.3, -0.25) is 4.68 Å². The first-order valence-electron chi connectivity index (χ1n) is 6.86. The molecule has 2 heterocycles. The summed E-state index contributed by atoms with van der Waals surface area (Å²) in [6, 6.07) is 0.408. The molecular weight excluding hydrogens is 226 g/mol. The molecule has 0 saturated carbocycles. The van der Waals surface area contributed by atoms with E-state index in [4.69, 9.17) is 4.74 Å². The van der Waals surface area contributed by atoms with Crippen LogP contribution in [0.2, 0.25) is 0 Å². The maximum absolute atomic E-state index is 5.68. The van der Waals surface area contributed by atoms with Gasteiger partial charge in [-0.15, -0.1) is 0 Å². The SMILES string of the molecule is C[C@@H](NCc1cnn(C(C)(C)C)c1)[C@@H]1CCCO1. The van der Waals surface area contributed by atoms with Crippen molar-refractivity contribution in [1.82, 2.24) is 15.1 Å². The van der Waals surface area contributed by atoms with E-state index < -0.39 is 0 Å². The number of aromatic nitrogens is 2. The number of hydrogen-bond donors (Lipinski definition) is 1. The van der Waals surface area contributed by atoms with Gasteiger partial charge in [0.15, 0.2) is 0 Å². The summed E-state index contributed by atoms with van der Waals surface area (Å²) in [6.07, 6.45) is 6.81. The summed E-state index contributed by atoms with van der Waals surface area (Å²) in [4.78, 5) is 0. The fourth-order valence-corrected chi connectivity index (χ4v) is 2.23. The molecule has 0 spiro atoms. The van der Waals surface area contributed by atoms with E-state index in [2.05, 4.69) is 44.3 Å². The van der Waals surface area contributed by atoms with Crippen molar-refractivity contribution >= 4 is 0 Å². The molecule has 2 atom stereocenters. The van der Waals surface area contributed by atoms with Crippen molar-refractivity contribution in [2.75, 3.05) is 6.61 Å². The molecule has 18 heavy (non-hydrogen) atoms. The van der Waals surface area contributed by atoms with Crippen molar-refractivity contribution in [2.24, 2.45) is 0 Å². The molecule has 102 valence electrons. The maximum atomic E-state index is 5.68. The van der Waals surface area contributed by atoms with Gasteiger partial charge in [0.1, 0.15) is 0 Å². The molecule has 2 rings (SSSR count). The third-order valence-electron chi connectivity index (χ3n) is 3.47. The summed E-state index contributed by atoms with van der Waals surface area (Å²) >= 11 is 0. The second-order valence-corrected chi connectivity index (χ2v) is 6.19. The first-order valence-corrected chi connectivity index (χ1v) is 6.86. The zero-order valence-corrected chi connectivity index (χ0v) is 11.9. The first-order chi connectivity index (χ1) is 8.47. The second-order valence-electron chi connectivity index (χ2n) is 6.19. The fraction of sp³-hybridized carbons (Fsp3) is 0.786. The van der Waals surface area contributed by atoms with E-state index >= 15 is 0 Å². The molecule has 0 aliphatic carbocycles. The Morgan fingerprint density at radius 3 is 2.89 bits per heavy atom. The molecule has 1 aromatic heterocycles. The van der Waals surface area contributed by atoms with Crippen LogP contribution < -0.4 is 5.32 Å². The summed E-state index contributed by atoms with van der Waals surface area (Å²) in [5, 5.41) is 7.94. The van der Waals surface area contributed by atoms with Crippen molar-refractivity contribution in [1.29, 1.82) is 0 Å². The van der Waals surface area contributed by atoms with Gasteiger partial charge >= 0.3 is 0 Å². The first kappa shape index (κ1) is 13.6. The van der Waals surface area contributed by atoms with Crippen LogP contribution in [-0.4, -0.2) is 28.5 Å². The van der Waals surface area contributed by atoms with Gasteiger partial charge < -0.3 is 10.1 Å². The lowest BCUT2D eigenvalue weighted by molar-refractivity contribution is 0.0832. The molecule has 0 aromatic carbocycles. The zero-order valence-electron chi connectivity index (χ0n) is 11.9. The van der Waals surface area contributed by atoms with E-state index in [0.29, 0.717) is 12.1 Å². The number of ether oxygens (including phenoxy) is 1. The minimum absolute atomic E-state index is 0.0540. The van der Waals surface area contributed by atoms with Crippen LogP contribution in [0.5, 0.6) is 0 Å². The molecule has 0 bridgehead atoms. The Bertz CT molecular complexity index is 375. The smallest absolute Gasteiger partial charge is 0.0726 e. The Hall–Kier alpha value is -0.870. The van der Waals surface area contributed by atoms with Gasteiger partial charge in [0.25, 0.3) is 0 Å². The van der Waals surface area contributed by atoms with Gasteiger partial charge in [0, 0.05) is 31.0 Å². The Morgan fingerprint density at radius 2 is 2.33 bits per heavy atom. The largest absolute Gasteiger partial charge is 0.377 e. The summed E-state index contributed by atoms with van der Waals surface area (Å²) in [5.74, 6) is 0. The average Bonchev–Trinajstić information content (AvgIpc) is 2.96. The van der Waals surface area contributed by atoms with Crippen LogP contribution in [0.3, 0.4) is 0 Å². The second kappa shape index (κ2) is 5.41. The highest BCUT2D eigenvalue weighted by molar-refractivity contribution is 5.05. The lowest BCUT2D eigenvalue weighted by atomic mass is 10.1. The minimum Gasteiger partial charge on any atom is -0.377 e. The Morgan fingerprint density at radius 1 is 1.56 bits per heavy atom. The number of nitrogens with zero attached hydrogens (tertiary/aromatic N) is 2. The van der Waals surface area contributed by atoms with Crippen LogP contribution in [0, 0.1) is 0 Å². The average molecular weight is 251 g/mol. The minimum atomic E-state index is 0.0540. The lowest BCUT2D eigenvalue weighted by Gasteiger charge is -2.20. The van der Waals surface area contributed by atoms with Gasteiger partial charge in [0.05, 0.1) is 17.8 Å². The van der Waals surface area contributed by atoms with Crippen molar-refractivity contribution in [3.8, 4) is 0 Å². The summed E-state index contributed by atoms with van der Waals surface area (Å²) in [5.41, 5.74) is 1.29. The van der Waals surface area contributed by atoms with Gasteiger partial charge in [0.2, 0.25) is 0 Å². The number of rotatable bonds is 4. The topological polar surface area (TPSA) is 39.1 Å². The van der Waals surface area contributed by atoms with Gasteiger partial charge in [-0.25, -0.2) is 0 Å². The molecule has 1 fully saturated rings. The third-order valence-corrected chi connectivity index (χ3v) is 3.47. The predicted molar refractivity (Wildman–Crippen MR) is 72.5 cm³/mol. The third kappa shape index (κ3) is 3.33. The van der Waals surface area contributed by atoms with E-state index in [-0.39, 0.29) is 5.54 Å². The van der Waals surface area contributed by atoms with Crippen LogP contribution in [0.15, 0.2) is 12.4 Å². The van der Waals surface area contributed by atoms with Gasteiger partial charge in [-0.05, 0) is 40.5 Å². The molecule has 4 nitrogen and oxygen atoms in total. The van der Waals surface area contributed by atoms with E-state index in [1.54, 1.807) is 0 Å². The van der Waals surface area contributed by atoms with Crippen molar-refractivity contribution < 1.29 is 4.74 Å². The molecular formula is C14H25N3O. The molecule has 1 aromatic rings. The van der Waals surface area contributed by atoms with Crippen molar-refractivity contribution in [2.45, 2.75) is 64.8 Å². The van der Waals surface area contributed by atoms with Gasteiger partial charge in [-0.1, -0.05) is 0 Å². The molecule has 0 amide bonds. The summed E-state index contributed by atoms with van der Waals surface area (Å²) in [6.45, 7) is 10.4. The summed E-state index contributed by atoms with van der Waals surface area (Å²) in [7, 11) is 0. The monoisotopic (exact) mass is 251 g/mol. The predicted octanol–water partition coefficient (Wildman–Crippen LogP) is 2.30. The van der Waals surface area contributed by atoms with Crippen LogP contribution in [0.4, 0.5) is 0 Å². The van der Waals surface area contributed by atoms with Crippen molar-refractivity contribution in [3.63, 3.8) is 0 Å². The molecule has 1 aliphatic rings. The van der Waals surface area contributed by atoms with E-state index in [0.717, 1.165) is 13.2 Å². The highest BCUT2D eigenvalue weighted by Gasteiger charge is 2.22. The highest BCUT2D eigenvalue weighted by Crippen LogP contribution is 2.16. The fourth-order valence-electron chi connectivity index (χ4n) is 2.23. The number of nitrogens with one attached hydrogen (secondary N) is 1. The van der Waals surface area contributed by atoms with E-state index in [1.807, 2.05) is 10.9 Å². The molecule has 1 saturated heterocycles. The zero-order chi connectivity index (χ0) is 13.2. The van der Waals surface area contributed by atoms with Gasteiger partial charge in [-0.2, -0.15) is 5.10 Å². The summed E-state index contributed by atoms with van der Waals surface area (Å²) < 4.78 is 7.69. The maximum Gasteiger partial charge on any atom is 0.0726 e. The van der Waals surface area contributed by atoms with E-state index in [9.17, 15) is 0 Å². The van der Waals surface area contributed by atoms with Crippen LogP contribution in [0.25, 0.3) is 0 Å². The Labute approximate surface area is 110 Å². The lowest BCUT2D eigenvalue weighted by Crippen LogP contribution is -2.36.